The van der Waals surface area contributed by atoms with Crippen LogP contribution in [0.5, 0.6) is 0 Å². The lowest BCUT2D eigenvalue weighted by molar-refractivity contribution is 0.388. The van der Waals surface area contributed by atoms with Gasteiger partial charge in [0.2, 0.25) is 10.0 Å². The fourth-order valence-electron chi connectivity index (χ4n) is 3.30. The quantitative estimate of drug-likeness (QED) is 0.732. The molecular formula is C17H17ClN4O3S. The summed E-state index contributed by atoms with van der Waals surface area (Å²) in [5.74, 6) is 0.571. The van der Waals surface area contributed by atoms with Crippen LogP contribution < -0.4 is 0 Å². The lowest BCUT2D eigenvalue weighted by atomic mass is 10.1. The molecule has 0 radical (unpaired) electrons. The highest BCUT2D eigenvalue weighted by Gasteiger charge is 2.38. The summed E-state index contributed by atoms with van der Waals surface area (Å²) >= 11 is 5.88. The molecule has 1 aliphatic heterocycles. The van der Waals surface area contributed by atoms with Crippen LogP contribution in [0, 0.1) is 6.92 Å². The second-order valence-electron chi connectivity index (χ2n) is 6.26. The van der Waals surface area contributed by atoms with E-state index >= 15 is 0 Å². The van der Waals surface area contributed by atoms with Crippen molar-refractivity contribution in [3.8, 4) is 11.3 Å². The highest BCUT2D eigenvalue weighted by atomic mass is 35.5. The zero-order chi connectivity index (χ0) is 18.3. The summed E-state index contributed by atoms with van der Waals surface area (Å²) in [5.41, 5.74) is 2.20. The highest BCUT2D eigenvalue weighted by molar-refractivity contribution is 7.89. The monoisotopic (exact) mass is 392 g/mol. The first-order valence-electron chi connectivity index (χ1n) is 8.21. The molecule has 1 saturated heterocycles. The molecule has 3 heterocycles. The van der Waals surface area contributed by atoms with Gasteiger partial charge in [0, 0.05) is 17.6 Å². The maximum atomic E-state index is 13.1. The molecule has 26 heavy (non-hydrogen) atoms. The normalized spacial score (nSPS) is 18.5. The fourth-order valence-corrected chi connectivity index (χ4v) is 5.09. The summed E-state index contributed by atoms with van der Waals surface area (Å²) < 4.78 is 33.1. The van der Waals surface area contributed by atoms with E-state index in [1.165, 1.54) is 16.4 Å². The molecule has 7 nitrogen and oxygen atoms in total. The second-order valence-corrected chi connectivity index (χ2v) is 8.58. The molecule has 136 valence electrons. The summed E-state index contributed by atoms with van der Waals surface area (Å²) in [7, 11) is -3.64. The minimum absolute atomic E-state index is 0.227. The standard InChI is InChI=1S/C17H17ClN4O3S/c1-11-9-16(25-21-11)14-10-19-20-17(14)15-3-2-8-22(15)26(23,24)13-6-4-12(18)5-7-13/h4-7,9-10,15H,2-3,8H2,1H3,(H,19,20). The van der Waals surface area contributed by atoms with Crippen LogP contribution in [0.1, 0.15) is 30.3 Å². The van der Waals surface area contributed by atoms with Gasteiger partial charge in [0.15, 0.2) is 5.76 Å². The van der Waals surface area contributed by atoms with Gasteiger partial charge in [-0.1, -0.05) is 16.8 Å². The van der Waals surface area contributed by atoms with Crippen molar-refractivity contribution >= 4 is 21.6 Å². The van der Waals surface area contributed by atoms with Crippen LogP contribution in [0.4, 0.5) is 0 Å². The number of hydrogen-bond acceptors (Lipinski definition) is 5. The van der Waals surface area contributed by atoms with Crippen LogP contribution in [0.25, 0.3) is 11.3 Å². The van der Waals surface area contributed by atoms with Gasteiger partial charge in [-0.3, -0.25) is 5.10 Å². The summed E-state index contributed by atoms with van der Waals surface area (Å²) in [5, 5.41) is 11.5. The van der Waals surface area contributed by atoms with Crippen molar-refractivity contribution in [2.45, 2.75) is 30.7 Å². The number of H-pyrrole nitrogens is 1. The van der Waals surface area contributed by atoms with E-state index < -0.39 is 10.0 Å². The Labute approximate surface area is 156 Å². The Morgan fingerprint density at radius 3 is 2.77 bits per heavy atom. The first-order chi connectivity index (χ1) is 12.5. The van der Waals surface area contributed by atoms with E-state index in [4.69, 9.17) is 16.1 Å². The maximum Gasteiger partial charge on any atom is 0.243 e. The van der Waals surface area contributed by atoms with E-state index in [-0.39, 0.29) is 10.9 Å². The summed E-state index contributed by atoms with van der Waals surface area (Å²) in [6.45, 7) is 2.28. The molecule has 0 amide bonds. The largest absolute Gasteiger partial charge is 0.356 e. The lowest BCUT2D eigenvalue weighted by Gasteiger charge is -2.24. The summed E-state index contributed by atoms with van der Waals surface area (Å²) in [6.07, 6.45) is 3.11. The number of sulfonamides is 1. The Balaban J connectivity index is 1.72. The van der Waals surface area contributed by atoms with Crippen LogP contribution in [-0.2, 0) is 10.0 Å². The number of aromatic nitrogens is 3. The number of benzene rings is 1. The molecule has 1 aromatic carbocycles. The molecule has 1 fully saturated rings. The van der Waals surface area contributed by atoms with Crippen molar-refractivity contribution in [2.75, 3.05) is 6.54 Å². The Bertz CT molecular complexity index is 1030. The third-order valence-electron chi connectivity index (χ3n) is 4.52. The molecule has 0 saturated carbocycles. The Morgan fingerprint density at radius 1 is 1.31 bits per heavy atom. The molecule has 0 bridgehead atoms. The zero-order valence-electron chi connectivity index (χ0n) is 14.0. The third-order valence-corrected chi connectivity index (χ3v) is 6.69. The van der Waals surface area contributed by atoms with Crippen LogP contribution >= 0.6 is 11.6 Å². The van der Waals surface area contributed by atoms with Crippen molar-refractivity contribution in [2.24, 2.45) is 0 Å². The van der Waals surface area contributed by atoms with Crippen molar-refractivity contribution < 1.29 is 12.9 Å². The molecule has 1 atom stereocenters. The number of halogens is 1. The maximum absolute atomic E-state index is 13.1. The van der Waals surface area contributed by atoms with Gasteiger partial charge in [0.05, 0.1) is 34.1 Å². The van der Waals surface area contributed by atoms with Gasteiger partial charge in [-0.15, -0.1) is 0 Å². The van der Waals surface area contributed by atoms with Crippen molar-refractivity contribution in [1.82, 2.24) is 19.7 Å². The smallest absolute Gasteiger partial charge is 0.243 e. The molecule has 3 aromatic rings. The molecule has 1 aliphatic rings. The average molecular weight is 393 g/mol. The zero-order valence-corrected chi connectivity index (χ0v) is 15.6. The molecule has 9 heteroatoms. The van der Waals surface area contributed by atoms with E-state index in [1.807, 2.05) is 6.92 Å². The first-order valence-corrected chi connectivity index (χ1v) is 10.0. The number of aromatic amines is 1. The van der Waals surface area contributed by atoms with Gasteiger partial charge in [0.25, 0.3) is 0 Å². The Morgan fingerprint density at radius 2 is 2.08 bits per heavy atom. The highest BCUT2D eigenvalue weighted by Crippen LogP contribution is 2.39. The number of nitrogens with zero attached hydrogens (tertiary/aromatic N) is 3. The summed E-state index contributed by atoms with van der Waals surface area (Å²) in [4.78, 5) is 0.227. The average Bonchev–Trinajstić information content (AvgIpc) is 3.34. The molecular weight excluding hydrogens is 376 g/mol. The van der Waals surface area contributed by atoms with Crippen molar-refractivity contribution in [1.29, 1.82) is 0 Å². The van der Waals surface area contributed by atoms with E-state index in [9.17, 15) is 8.42 Å². The molecule has 4 rings (SSSR count). The molecule has 2 aromatic heterocycles. The van der Waals surface area contributed by atoms with E-state index in [0.29, 0.717) is 23.7 Å². The number of rotatable bonds is 4. The Hall–Kier alpha value is -2.16. The fraction of sp³-hybridized carbons (Fsp3) is 0.294. The lowest BCUT2D eigenvalue weighted by Crippen LogP contribution is -2.31. The first kappa shape index (κ1) is 17.3. The predicted octanol–water partition coefficient (Wildman–Crippen LogP) is 3.55. The third kappa shape index (κ3) is 2.94. The van der Waals surface area contributed by atoms with Crippen LogP contribution in [0.3, 0.4) is 0 Å². The molecule has 0 spiro atoms. The SMILES string of the molecule is Cc1cc(-c2cn[nH]c2C2CCCN2S(=O)(=O)c2ccc(Cl)cc2)on1. The number of aryl methyl sites for hydroxylation is 1. The van der Waals surface area contributed by atoms with E-state index in [0.717, 1.165) is 23.4 Å². The second kappa shape index (κ2) is 6.53. The number of nitrogens with one attached hydrogen (secondary N) is 1. The van der Waals surface area contributed by atoms with Gasteiger partial charge >= 0.3 is 0 Å². The van der Waals surface area contributed by atoms with Crippen LogP contribution in [0.2, 0.25) is 5.02 Å². The summed E-state index contributed by atoms with van der Waals surface area (Å²) in [6, 6.07) is 7.69. The minimum Gasteiger partial charge on any atom is -0.356 e. The molecule has 1 unspecified atom stereocenters. The Kier molecular flexibility index (Phi) is 4.34. The van der Waals surface area contributed by atoms with Crippen LogP contribution in [-0.4, -0.2) is 34.6 Å². The van der Waals surface area contributed by atoms with Gasteiger partial charge in [-0.2, -0.15) is 9.40 Å². The van der Waals surface area contributed by atoms with E-state index in [1.54, 1.807) is 24.4 Å². The minimum atomic E-state index is -3.64. The van der Waals surface area contributed by atoms with Gasteiger partial charge in [0.1, 0.15) is 0 Å². The topological polar surface area (TPSA) is 92.1 Å². The molecule has 1 N–H and O–H groups in total. The number of hydrogen-bond donors (Lipinski definition) is 1. The van der Waals surface area contributed by atoms with Gasteiger partial charge in [-0.25, -0.2) is 8.42 Å². The van der Waals surface area contributed by atoms with Gasteiger partial charge in [-0.05, 0) is 44.0 Å². The predicted molar refractivity (Wildman–Crippen MR) is 96.1 cm³/mol. The van der Waals surface area contributed by atoms with E-state index in [2.05, 4.69) is 15.4 Å². The van der Waals surface area contributed by atoms with Crippen molar-refractivity contribution in [3.63, 3.8) is 0 Å². The molecule has 0 aliphatic carbocycles. The van der Waals surface area contributed by atoms with Gasteiger partial charge < -0.3 is 4.52 Å². The van der Waals surface area contributed by atoms with Crippen molar-refractivity contribution in [3.05, 3.63) is 52.9 Å². The van der Waals surface area contributed by atoms with Crippen LogP contribution in [0.15, 0.2) is 45.9 Å².